The summed E-state index contributed by atoms with van der Waals surface area (Å²) in [6.07, 6.45) is 5.08. The van der Waals surface area contributed by atoms with Gasteiger partial charge < -0.3 is 29.7 Å². The molecule has 37 heavy (non-hydrogen) atoms. The van der Waals surface area contributed by atoms with Crippen LogP contribution in [0.1, 0.15) is 44.2 Å². The average Bonchev–Trinajstić information content (AvgIpc) is 2.95. The van der Waals surface area contributed by atoms with E-state index in [1.54, 1.807) is 13.4 Å². The molecule has 2 N–H and O–H groups in total. The van der Waals surface area contributed by atoms with Gasteiger partial charge in [0.05, 0.1) is 31.9 Å². The van der Waals surface area contributed by atoms with Gasteiger partial charge in [-0.2, -0.15) is 0 Å². The maximum atomic E-state index is 12.5. The predicted octanol–water partition coefficient (Wildman–Crippen LogP) is 4.54. The van der Waals surface area contributed by atoms with Crippen molar-refractivity contribution in [2.24, 2.45) is 0 Å². The van der Waals surface area contributed by atoms with E-state index < -0.39 is 0 Å². The van der Waals surface area contributed by atoms with Gasteiger partial charge in [0.15, 0.2) is 11.5 Å². The molecule has 2 aromatic carbocycles. The van der Waals surface area contributed by atoms with Gasteiger partial charge in [0.1, 0.15) is 12.1 Å². The van der Waals surface area contributed by atoms with E-state index in [-0.39, 0.29) is 24.2 Å². The SMILES string of the molecule is COc1cc2ncnc(N[C@H](C)c3ccccc3)c2cc1OC1CCC(NC(=O)N2CCOCC2)CC1. The number of hydrogen-bond donors (Lipinski definition) is 2. The van der Waals surface area contributed by atoms with Crippen LogP contribution in [-0.2, 0) is 4.74 Å². The Hall–Kier alpha value is -3.59. The minimum Gasteiger partial charge on any atom is -0.493 e. The van der Waals surface area contributed by atoms with Gasteiger partial charge in [-0.05, 0) is 44.2 Å². The van der Waals surface area contributed by atoms with Crippen molar-refractivity contribution in [3.05, 3.63) is 54.4 Å². The molecule has 1 aliphatic heterocycles. The molecule has 0 unspecified atom stereocenters. The molecule has 0 bridgehead atoms. The number of nitrogens with zero attached hydrogens (tertiary/aromatic N) is 3. The van der Waals surface area contributed by atoms with Gasteiger partial charge >= 0.3 is 6.03 Å². The van der Waals surface area contributed by atoms with Crippen LogP contribution in [0.3, 0.4) is 0 Å². The smallest absolute Gasteiger partial charge is 0.317 e. The summed E-state index contributed by atoms with van der Waals surface area (Å²) >= 11 is 0. The van der Waals surface area contributed by atoms with Crippen LogP contribution in [0.5, 0.6) is 11.5 Å². The molecule has 2 aliphatic rings. The molecule has 2 fully saturated rings. The molecule has 1 aromatic heterocycles. The van der Waals surface area contributed by atoms with E-state index in [0.717, 1.165) is 42.4 Å². The van der Waals surface area contributed by atoms with Crippen molar-refractivity contribution in [1.29, 1.82) is 0 Å². The number of urea groups is 1. The third kappa shape index (κ3) is 6.05. The molecule has 3 aromatic rings. The van der Waals surface area contributed by atoms with E-state index in [9.17, 15) is 4.79 Å². The number of rotatable bonds is 7. The highest BCUT2D eigenvalue weighted by Gasteiger charge is 2.27. The van der Waals surface area contributed by atoms with Gasteiger partial charge in [-0.15, -0.1) is 0 Å². The summed E-state index contributed by atoms with van der Waals surface area (Å²) in [7, 11) is 1.64. The highest BCUT2D eigenvalue weighted by molar-refractivity contribution is 5.91. The minimum atomic E-state index is 0.00799. The summed E-state index contributed by atoms with van der Waals surface area (Å²) in [6, 6.07) is 14.4. The van der Waals surface area contributed by atoms with Gasteiger partial charge in [0, 0.05) is 36.6 Å². The van der Waals surface area contributed by atoms with Crippen molar-refractivity contribution in [1.82, 2.24) is 20.2 Å². The standard InChI is InChI=1S/C28H35N5O4/c1-19(20-6-4-3-5-7-20)31-27-23-16-26(25(35-2)17-24(23)29-18-30-27)37-22-10-8-21(9-11-22)32-28(34)33-12-14-36-15-13-33/h3-7,16-19,21-22H,8-15H2,1-2H3,(H,32,34)(H,29,30,31)/t19-,21?,22?/m1/s1. The zero-order valence-corrected chi connectivity index (χ0v) is 21.5. The molecule has 196 valence electrons. The molecule has 0 radical (unpaired) electrons. The number of hydrogen-bond acceptors (Lipinski definition) is 7. The molecule has 1 atom stereocenters. The number of aromatic nitrogens is 2. The number of carbonyl (C=O) groups is 1. The second kappa shape index (κ2) is 11.6. The van der Waals surface area contributed by atoms with Gasteiger partial charge in [-0.3, -0.25) is 0 Å². The van der Waals surface area contributed by atoms with Crippen LogP contribution in [0.4, 0.5) is 10.6 Å². The maximum absolute atomic E-state index is 12.5. The molecule has 2 amide bonds. The topological polar surface area (TPSA) is 97.8 Å². The molecule has 1 saturated heterocycles. The van der Waals surface area contributed by atoms with E-state index in [1.165, 1.54) is 5.56 Å². The Morgan fingerprint density at radius 2 is 1.81 bits per heavy atom. The number of carbonyl (C=O) groups excluding carboxylic acids is 1. The Kier molecular flexibility index (Phi) is 7.89. The van der Waals surface area contributed by atoms with Crippen LogP contribution < -0.4 is 20.1 Å². The molecule has 5 rings (SSSR count). The number of fused-ring (bicyclic) bond motifs is 1. The first-order chi connectivity index (χ1) is 18.1. The summed E-state index contributed by atoms with van der Waals surface area (Å²) < 4.78 is 17.4. The highest BCUT2D eigenvalue weighted by atomic mass is 16.5. The second-order valence-electron chi connectivity index (χ2n) is 9.66. The number of benzene rings is 2. The second-order valence-corrected chi connectivity index (χ2v) is 9.66. The van der Waals surface area contributed by atoms with E-state index in [0.29, 0.717) is 37.8 Å². The highest BCUT2D eigenvalue weighted by Crippen LogP contribution is 2.37. The Morgan fingerprint density at radius 1 is 1.05 bits per heavy atom. The average molecular weight is 506 g/mol. The number of amides is 2. The molecule has 2 heterocycles. The number of nitrogens with one attached hydrogen (secondary N) is 2. The van der Waals surface area contributed by atoms with Crippen molar-refractivity contribution in [2.45, 2.75) is 50.8 Å². The van der Waals surface area contributed by atoms with Crippen LogP contribution in [0.2, 0.25) is 0 Å². The fraction of sp³-hybridized carbons (Fsp3) is 0.464. The van der Waals surface area contributed by atoms with Crippen LogP contribution in [-0.4, -0.2) is 66.5 Å². The third-order valence-electron chi connectivity index (χ3n) is 7.17. The molecular formula is C28H35N5O4. The maximum Gasteiger partial charge on any atom is 0.317 e. The summed E-state index contributed by atoms with van der Waals surface area (Å²) in [4.78, 5) is 23.3. The summed E-state index contributed by atoms with van der Waals surface area (Å²) in [5.74, 6) is 2.08. The lowest BCUT2D eigenvalue weighted by molar-refractivity contribution is 0.0514. The van der Waals surface area contributed by atoms with E-state index >= 15 is 0 Å². The molecular weight excluding hydrogens is 470 g/mol. The molecule has 1 aliphatic carbocycles. The minimum absolute atomic E-state index is 0.00799. The predicted molar refractivity (Wildman–Crippen MR) is 142 cm³/mol. The quantitative estimate of drug-likeness (QED) is 0.486. The molecule has 9 nitrogen and oxygen atoms in total. The van der Waals surface area contributed by atoms with Crippen molar-refractivity contribution in [3.8, 4) is 11.5 Å². The van der Waals surface area contributed by atoms with Gasteiger partial charge in [0.25, 0.3) is 0 Å². The van der Waals surface area contributed by atoms with E-state index in [2.05, 4.69) is 39.7 Å². The zero-order chi connectivity index (χ0) is 25.6. The van der Waals surface area contributed by atoms with Crippen LogP contribution in [0, 0.1) is 0 Å². The van der Waals surface area contributed by atoms with Crippen molar-refractivity contribution in [3.63, 3.8) is 0 Å². The summed E-state index contributed by atoms with van der Waals surface area (Å²) in [5, 5.41) is 7.59. The van der Waals surface area contributed by atoms with Crippen LogP contribution in [0.15, 0.2) is 48.8 Å². The lowest BCUT2D eigenvalue weighted by Crippen LogP contribution is -2.50. The molecule has 1 saturated carbocycles. The molecule has 0 spiro atoms. The first-order valence-corrected chi connectivity index (χ1v) is 13.0. The number of anilines is 1. The van der Waals surface area contributed by atoms with Crippen LogP contribution >= 0.6 is 0 Å². The van der Waals surface area contributed by atoms with Gasteiger partial charge in [0.2, 0.25) is 0 Å². The summed E-state index contributed by atoms with van der Waals surface area (Å²) in [6.45, 7) is 4.62. The van der Waals surface area contributed by atoms with Crippen molar-refractivity contribution in [2.75, 3.05) is 38.7 Å². The fourth-order valence-electron chi connectivity index (χ4n) is 5.00. The third-order valence-corrected chi connectivity index (χ3v) is 7.17. The monoisotopic (exact) mass is 505 g/mol. The van der Waals surface area contributed by atoms with Gasteiger partial charge in [-0.1, -0.05) is 30.3 Å². The molecule has 9 heteroatoms. The number of ether oxygens (including phenoxy) is 3. The van der Waals surface area contributed by atoms with E-state index in [4.69, 9.17) is 14.2 Å². The Bertz CT molecular complexity index is 1190. The first-order valence-electron chi connectivity index (χ1n) is 13.0. The number of methoxy groups -OCH3 is 1. The normalized spacial score (nSPS) is 20.8. The zero-order valence-electron chi connectivity index (χ0n) is 21.5. The lowest BCUT2D eigenvalue weighted by Gasteiger charge is -2.33. The van der Waals surface area contributed by atoms with Crippen LogP contribution in [0.25, 0.3) is 10.9 Å². The first kappa shape index (κ1) is 25.1. The van der Waals surface area contributed by atoms with Crippen molar-refractivity contribution >= 4 is 22.8 Å². The van der Waals surface area contributed by atoms with Gasteiger partial charge in [-0.25, -0.2) is 14.8 Å². The summed E-state index contributed by atoms with van der Waals surface area (Å²) in [5.41, 5.74) is 1.97. The lowest BCUT2D eigenvalue weighted by atomic mass is 9.93. The Balaban J connectivity index is 1.25. The largest absolute Gasteiger partial charge is 0.493 e. The fourth-order valence-corrected chi connectivity index (χ4v) is 5.00. The number of morpholine rings is 1. The Labute approximate surface area is 217 Å². The van der Waals surface area contributed by atoms with Crippen molar-refractivity contribution < 1.29 is 19.0 Å². The Morgan fingerprint density at radius 3 is 2.54 bits per heavy atom. The van der Waals surface area contributed by atoms with E-state index in [1.807, 2.05) is 35.2 Å².